The van der Waals surface area contributed by atoms with Crippen molar-refractivity contribution in [2.45, 2.75) is 34.4 Å². The van der Waals surface area contributed by atoms with Crippen LogP contribution in [0.3, 0.4) is 0 Å². The van der Waals surface area contributed by atoms with Crippen LogP contribution in [-0.4, -0.2) is 24.1 Å². The third-order valence-electron chi connectivity index (χ3n) is 5.09. The quantitative estimate of drug-likeness (QED) is 0.589. The maximum Gasteiger partial charge on any atom is 0.235 e. The van der Waals surface area contributed by atoms with Gasteiger partial charge in [0.1, 0.15) is 5.82 Å². The molecule has 0 saturated carbocycles. The molecule has 4 rings (SSSR count). The smallest absolute Gasteiger partial charge is 0.235 e. The molecule has 150 valence electrons. The van der Waals surface area contributed by atoms with Crippen molar-refractivity contribution in [1.82, 2.24) is 4.98 Å². The van der Waals surface area contributed by atoms with Crippen LogP contribution in [-0.2, 0) is 14.9 Å². The fourth-order valence-corrected chi connectivity index (χ4v) is 5.28. The maximum absolute atomic E-state index is 13.4. The summed E-state index contributed by atoms with van der Waals surface area (Å²) in [5, 5.41) is 5.08. The van der Waals surface area contributed by atoms with E-state index in [1.807, 2.05) is 36.6 Å². The van der Waals surface area contributed by atoms with Gasteiger partial charge in [0.2, 0.25) is 5.91 Å². The van der Waals surface area contributed by atoms with Gasteiger partial charge in [-0.1, -0.05) is 23.9 Å². The molecular weight excluding hydrogens is 407 g/mol. The van der Waals surface area contributed by atoms with Gasteiger partial charge < -0.3 is 10.1 Å². The molecule has 0 bridgehead atoms. The molecule has 1 saturated heterocycles. The van der Waals surface area contributed by atoms with Crippen LogP contribution in [0.5, 0.6) is 0 Å². The second-order valence-electron chi connectivity index (χ2n) is 7.04. The predicted octanol–water partition coefficient (Wildman–Crippen LogP) is 5.43. The van der Waals surface area contributed by atoms with E-state index in [0.717, 1.165) is 26.2 Å². The molecular formula is C22H21FN2O2S2. The number of thiazole rings is 1. The minimum Gasteiger partial charge on any atom is -0.381 e. The number of anilines is 1. The molecule has 3 aromatic rings. The number of hydrogen-bond acceptors (Lipinski definition) is 5. The molecule has 0 spiro atoms. The largest absolute Gasteiger partial charge is 0.381 e. The molecule has 4 nitrogen and oxygen atoms in total. The van der Waals surface area contributed by atoms with Crippen LogP contribution in [0.15, 0.2) is 63.1 Å². The molecule has 1 N–H and O–H groups in total. The lowest BCUT2D eigenvalue weighted by atomic mass is 9.73. The van der Waals surface area contributed by atoms with Crippen LogP contribution in [0.25, 0.3) is 0 Å². The highest BCUT2D eigenvalue weighted by Gasteiger charge is 2.41. The Morgan fingerprint density at radius 1 is 1.14 bits per heavy atom. The molecule has 7 heteroatoms. The van der Waals surface area contributed by atoms with Crippen molar-refractivity contribution in [2.24, 2.45) is 0 Å². The Bertz CT molecular complexity index is 981. The van der Waals surface area contributed by atoms with E-state index in [2.05, 4.69) is 10.3 Å². The summed E-state index contributed by atoms with van der Waals surface area (Å²) in [4.78, 5) is 18.8. The van der Waals surface area contributed by atoms with Crippen LogP contribution in [0.2, 0.25) is 0 Å². The molecule has 0 atom stereocenters. The first-order chi connectivity index (χ1) is 14.0. The minimum absolute atomic E-state index is 0.0802. The summed E-state index contributed by atoms with van der Waals surface area (Å²) in [7, 11) is 0. The zero-order valence-electron chi connectivity index (χ0n) is 16.0. The van der Waals surface area contributed by atoms with Gasteiger partial charge in [-0.2, -0.15) is 0 Å². The number of carbonyl (C=O) groups excluding carboxylic acids is 1. The number of ether oxygens (including phenoxy) is 1. The summed E-state index contributed by atoms with van der Waals surface area (Å²) >= 11 is 3.22. The first-order valence-electron chi connectivity index (χ1n) is 9.40. The van der Waals surface area contributed by atoms with Crippen molar-refractivity contribution < 1.29 is 13.9 Å². The second-order valence-corrected chi connectivity index (χ2v) is 9.22. The molecule has 1 aliphatic rings. The van der Waals surface area contributed by atoms with Crippen molar-refractivity contribution in [3.05, 3.63) is 71.0 Å². The van der Waals surface area contributed by atoms with Gasteiger partial charge in [-0.15, -0.1) is 11.3 Å². The number of aryl methyl sites for hydroxylation is 1. The fourth-order valence-electron chi connectivity index (χ4n) is 3.47. The average Bonchev–Trinajstić information content (AvgIpc) is 3.15. The van der Waals surface area contributed by atoms with Gasteiger partial charge in [0.05, 0.1) is 5.41 Å². The van der Waals surface area contributed by atoms with Crippen molar-refractivity contribution >= 4 is 34.7 Å². The zero-order valence-corrected chi connectivity index (χ0v) is 17.6. The van der Waals surface area contributed by atoms with Gasteiger partial charge in [-0.3, -0.25) is 4.79 Å². The van der Waals surface area contributed by atoms with E-state index in [1.54, 1.807) is 35.2 Å². The average molecular weight is 429 g/mol. The van der Waals surface area contributed by atoms with E-state index in [-0.39, 0.29) is 11.7 Å². The van der Waals surface area contributed by atoms with E-state index in [9.17, 15) is 9.18 Å². The number of aromatic nitrogens is 1. The molecule has 1 fully saturated rings. The van der Waals surface area contributed by atoms with Crippen LogP contribution in [0.4, 0.5) is 10.1 Å². The Morgan fingerprint density at radius 2 is 1.83 bits per heavy atom. The standard InChI is InChI=1S/C22H21FN2O2S2/c1-15-14-28-21(24-15)29-19-8-6-18(7-9-19)25-20(26)22(10-12-27-13-11-22)16-2-4-17(23)5-3-16/h2-9,14H,10-13H2,1H3,(H,25,26). The van der Waals surface area contributed by atoms with Crippen molar-refractivity contribution in [2.75, 3.05) is 18.5 Å². The third kappa shape index (κ3) is 4.52. The summed E-state index contributed by atoms with van der Waals surface area (Å²) in [5.74, 6) is -0.386. The number of halogens is 1. The lowest BCUT2D eigenvalue weighted by molar-refractivity contribution is -0.125. The fraction of sp³-hybridized carbons (Fsp3) is 0.273. The predicted molar refractivity (Wildman–Crippen MR) is 114 cm³/mol. The van der Waals surface area contributed by atoms with Gasteiger partial charge in [-0.25, -0.2) is 9.37 Å². The summed E-state index contributed by atoms with van der Waals surface area (Å²) in [6, 6.07) is 14.0. The van der Waals surface area contributed by atoms with E-state index >= 15 is 0 Å². The molecule has 2 aromatic carbocycles. The molecule has 1 aliphatic heterocycles. The summed E-state index contributed by atoms with van der Waals surface area (Å²) in [5.41, 5.74) is 1.87. The number of rotatable bonds is 5. The highest BCUT2D eigenvalue weighted by atomic mass is 32.2. The molecule has 2 heterocycles. The number of amides is 1. The van der Waals surface area contributed by atoms with Gasteiger partial charge in [-0.05, 0) is 61.7 Å². The van der Waals surface area contributed by atoms with Crippen LogP contribution >= 0.6 is 23.1 Å². The Hall–Kier alpha value is -2.22. The molecule has 29 heavy (non-hydrogen) atoms. The number of nitrogens with zero attached hydrogens (tertiary/aromatic N) is 1. The molecule has 0 aliphatic carbocycles. The van der Waals surface area contributed by atoms with E-state index in [1.165, 1.54) is 12.1 Å². The number of benzene rings is 2. The summed E-state index contributed by atoms with van der Waals surface area (Å²) in [6.45, 7) is 2.99. The van der Waals surface area contributed by atoms with Gasteiger partial charge >= 0.3 is 0 Å². The van der Waals surface area contributed by atoms with E-state index in [0.29, 0.717) is 26.1 Å². The van der Waals surface area contributed by atoms with E-state index < -0.39 is 5.41 Å². The number of carbonyl (C=O) groups is 1. The zero-order chi connectivity index (χ0) is 20.3. The first-order valence-corrected chi connectivity index (χ1v) is 11.1. The summed E-state index contributed by atoms with van der Waals surface area (Å²) < 4.78 is 19.9. The molecule has 1 amide bonds. The Labute approximate surface area is 177 Å². The number of nitrogens with one attached hydrogen (secondary N) is 1. The van der Waals surface area contributed by atoms with Crippen molar-refractivity contribution in [1.29, 1.82) is 0 Å². The van der Waals surface area contributed by atoms with Crippen LogP contribution in [0, 0.1) is 12.7 Å². The Balaban J connectivity index is 1.50. The lowest BCUT2D eigenvalue weighted by Crippen LogP contribution is -2.44. The monoisotopic (exact) mass is 428 g/mol. The van der Waals surface area contributed by atoms with Gasteiger partial charge in [0.25, 0.3) is 0 Å². The molecule has 1 aromatic heterocycles. The number of hydrogen-bond donors (Lipinski definition) is 1. The minimum atomic E-state index is -0.711. The highest BCUT2D eigenvalue weighted by molar-refractivity contribution is 8.01. The Morgan fingerprint density at radius 3 is 2.45 bits per heavy atom. The second kappa shape index (κ2) is 8.65. The lowest BCUT2D eigenvalue weighted by Gasteiger charge is -2.36. The van der Waals surface area contributed by atoms with Crippen molar-refractivity contribution in [3.63, 3.8) is 0 Å². The summed E-state index contributed by atoms with van der Waals surface area (Å²) in [6.07, 6.45) is 1.14. The molecule has 0 unspecified atom stereocenters. The normalized spacial score (nSPS) is 15.8. The van der Waals surface area contributed by atoms with Gasteiger partial charge in [0.15, 0.2) is 4.34 Å². The SMILES string of the molecule is Cc1csc(Sc2ccc(NC(=O)C3(c4ccc(F)cc4)CCOCC3)cc2)n1. The van der Waals surface area contributed by atoms with Gasteiger partial charge in [0, 0.05) is 34.9 Å². The molecule has 0 radical (unpaired) electrons. The Kier molecular flexibility index (Phi) is 5.99. The third-order valence-corrected chi connectivity index (χ3v) is 7.16. The van der Waals surface area contributed by atoms with Crippen molar-refractivity contribution in [3.8, 4) is 0 Å². The topological polar surface area (TPSA) is 51.2 Å². The van der Waals surface area contributed by atoms with Crippen LogP contribution in [0.1, 0.15) is 24.1 Å². The first kappa shape index (κ1) is 20.1. The maximum atomic E-state index is 13.4. The van der Waals surface area contributed by atoms with E-state index in [4.69, 9.17) is 4.74 Å². The van der Waals surface area contributed by atoms with Crippen LogP contribution < -0.4 is 5.32 Å². The highest BCUT2D eigenvalue weighted by Crippen LogP contribution is 2.37.